The predicted octanol–water partition coefficient (Wildman–Crippen LogP) is 2.80. The summed E-state index contributed by atoms with van der Waals surface area (Å²) in [6.07, 6.45) is 0. The van der Waals surface area contributed by atoms with Crippen molar-refractivity contribution in [3.63, 3.8) is 0 Å². The molecule has 0 aromatic heterocycles. The van der Waals surface area contributed by atoms with E-state index in [1.165, 1.54) is 11.1 Å². The summed E-state index contributed by atoms with van der Waals surface area (Å²) in [6.45, 7) is 6.46. The van der Waals surface area contributed by atoms with Crippen LogP contribution in [0.1, 0.15) is 12.5 Å². The van der Waals surface area contributed by atoms with Crippen molar-refractivity contribution in [2.45, 2.75) is 13.5 Å². The molecule has 1 saturated heterocycles. The van der Waals surface area contributed by atoms with Gasteiger partial charge in [-0.05, 0) is 37.2 Å². The van der Waals surface area contributed by atoms with Gasteiger partial charge >= 0.3 is 0 Å². The maximum Gasteiger partial charge on any atom is 0.0234 e. The van der Waals surface area contributed by atoms with Crippen LogP contribution in [0, 0.1) is 0 Å². The first kappa shape index (κ1) is 12.8. The van der Waals surface area contributed by atoms with Crippen molar-refractivity contribution in [1.29, 1.82) is 0 Å². The van der Waals surface area contributed by atoms with Crippen molar-refractivity contribution in [2.24, 2.45) is 0 Å². The first-order valence-electron chi connectivity index (χ1n) is 5.96. The van der Waals surface area contributed by atoms with Gasteiger partial charge in [0.25, 0.3) is 0 Å². The average molecular weight is 295 g/mol. The zero-order chi connectivity index (χ0) is 12.3. The molecule has 0 unspecified atom stereocenters. The lowest BCUT2D eigenvalue weighted by molar-refractivity contribution is 0.352. The molecule has 0 aliphatic carbocycles. The monoisotopic (exact) mass is 294 g/mol. The summed E-state index contributed by atoms with van der Waals surface area (Å²) in [4.78, 5) is 2.36. The lowest BCUT2D eigenvalue weighted by Gasteiger charge is -2.25. The highest BCUT2D eigenvalue weighted by Gasteiger charge is 2.11. The van der Waals surface area contributed by atoms with Gasteiger partial charge in [-0.25, -0.2) is 0 Å². The summed E-state index contributed by atoms with van der Waals surface area (Å²) < 4.78 is 1.15. The fourth-order valence-corrected chi connectivity index (χ4v) is 2.52. The summed E-state index contributed by atoms with van der Waals surface area (Å²) in [6, 6.07) is 8.52. The number of halogens is 1. The second-order valence-electron chi connectivity index (χ2n) is 4.79. The first-order chi connectivity index (χ1) is 8.15. The molecule has 1 aliphatic rings. The van der Waals surface area contributed by atoms with E-state index in [-0.39, 0.29) is 0 Å². The van der Waals surface area contributed by atoms with Crippen molar-refractivity contribution < 1.29 is 0 Å². The molecule has 0 spiro atoms. The molecular formula is C14H19BrN2. The fraction of sp³-hybridized carbons (Fsp3) is 0.429. The maximum absolute atomic E-state index is 3.51. The molecule has 0 radical (unpaired) electrons. The highest BCUT2D eigenvalue weighted by molar-refractivity contribution is 9.10. The van der Waals surface area contributed by atoms with Gasteiger partial charge in [0.15, 0.2) is 0 Å². The Hall–Kier alpha value is -0.640. The molecular weight excluding hydrogens is 276 g/mol. The summed E-state index contributed by atoms with van der Waals surface area (Å²) in [5, 5.41) is 3.29. The molecule has 1 aromatic rings. The number of nitrogens with zero attached hydrogens (tertiary/aromatic N) is 1. The zero-order valence-corrected chi connectivity index (χ0v) is 12.0. The Balaban J connectivity index is 1.91. The predicted molar refractivity (Wildman–Crippen MR) is 76.0 cm³/mol. The van der Waals surface area contributed by atoms with E-state index in [1.54, 1.807) is 5.57 Å². The lowest BCUT2D eigenvalue weighted by atomic mass is 10.0. The van der Waals surface area contributed by atoms with Gasteiger partial charge in [0.1, 0.15) is 0 Å². The minimum Gasteiger partial charge on any atom is -0.309 e. The SMILES string of the molecule is CC(CN(C)Cc1cccc(Br)c1)=C1CNC1. The molecule has 1 aliphatic heterocycles. The molecule has 2 nitrogen and oxygen atoms in total. The van der Waals surface area contributed by atoms with Crippen LogP contribution in [-0.2, 0) is 6.54 Å². The van der Waals surface area contributed by atoms with Crippen LogP contribution in [0.15, 0.2) is 39.9 Å². The van der Waals surface area contributed by atoms with Crippen molar-refractivity contribution in [1.82, 2.24) is 10.2 Å². The smallest absolute Gasteiger partial charge is 0.0234 e. The van der Waals surface area contributed by atoms with E-state index in [2.05, 4.69) is 64.4 Å². The molecule has 1 heterocycles. The van der Waals surface area contributed by atoms with Crippen LogP contribution in [0.5, 0.6) is 0 Å². The Morgan fingerprint density at radius 2 is 2.18 bits per heavy atom. The summed E-state index contributed by atoms with van der Waals surface area (Å²) in [5.41, 5.74) is 4.44. The molecule has 0 bridgehead atoms. The normalized spacial score (nSPS) is 14.9. The Morgan fingerprint density at radius 3 is 2.76 bits per heavy atom. The Labute approximate surface area is 112 Å². The van der Waals surface area contributed by atoms with E-state index in [9.17, 15) is 0 Å². The van der Waals surface area contributed by atoms with Crippen LogP contribution in [0.3, 0.4) is 0 Å². The largest absolute Gasteiger partial charge is 0.309 e. The summed E-state index contributed by atoms with van der Waals surface area (Å²) >= 11 is 3.51. The molecule has 92 valence electrons. The number of benzene rings is 1. The van der Waals surface area contributed by atoms with Crippen LogP contribution in [0.2, 0.25) is 0 Å². The van der Waals surface area contributed by atoms with Gasteiger partial charge in [-0.2, -0.15) is 0 Å². The van der Waals surface area contributed by atoms with Crippen LogP contribution >= 0.6 is 15.9 Å². The lowest BCUT2D eigenvalue weighted by Crippen LogP contribution is -2.36. The standard InChI is InChI=1S/C14H19BrN2/c1-11(13-7-16-8-13)9-17(2)10-12-4-3-5-14(15)6-12/h3-6,16H,7-10H2,1-2H3. The van der Waals surface area contributed by atoms with Gasteiger partial charge in [-0.3, -0.25) is 4.90 Å². The van der Waals surface area contributed by atoms with E-state index < -0.39 is 0 Å². The van der Waals surface area contributed by atoms with E-state index in [0.717, 1.165) is 30.7 Å². The second kappa shape index (κ2) is 5.80. The van der Waals surface area contributed by atoms with Crippen LogP contribution in [0.4, 0.5) is 0 Å². The second-order valence-corrected chi connectivity index (χ2v) is 5.71. The van der Waals surface area contributed by atoms with Gasteiger partial charge in [0, 0.05) is 30.7 Å². The molecule has 0 saturated carbocycles. The van der Waals surface area contributed by atoms with Crippen molar-refractivity contribution in [2.75, 3.05) is 26.7 Å². The molecule has 1 N–H and O–H groups in total. The first-order valence-corrected chi connectivity index (χ1v) is 6.75. The van der Waals surface area contributed by atoms with Gasteiger partial charge in [0.2, 0.25) is 0 Å². The molecule has 3 heteroatoms. The molecule has 2 rings (SSSR count). The van der Waals surface area contributed by atoms with Crippen molar-refractivity contribution in [3.05, 3.63) is 45.4 Å². The number of hydrogen-bond acceptors (Lipinski definition) is 2. The minimum atomic E-state index is 0.998. The molecule has 1 fully saturated rings. The van der Waals surface area contributed by atoms with E-state index in [1.807, 2.05) is 0 Å². The van der Waals surface area contributed by atoms with Gasteiger partial charge in [-0.1, -0.05) is 33.6 Å². The molecule has 1 aromatic carbocycles. The highest BCUT2D eigenvalue weighted by atomic mass is 79.9. The van der Waals surface area contributed by atoms with E-state index in [4.69, 9.17) is 0 Å². The minimum absolute atomic E-state index is 0.998. The molecule has 0 amide bonds. The molecule has 0 atom stereocenters. The summed E-state index contributed by atoms with van der Waals surface area (Å²) in [7, 11) is 2.18. The fourth-order valence-electron chi connectivity index (χ4n) is 2.07. The van der Waals surface area contributed by atoms with E-state index >= 15 is 0 Å². The third-order valence-electron chi connectivity index (χ3n) is 3.13. The van der Waals surface area contributed by atoms with Gasteiger partial charge < -0.3 is 5.32 Å². The number of nitrogens with one attached hydrogen (secondary N) is 1. The van der Waals surface area contributed by atoms with Crippen LogP contribution in [0.25, 0.3) is 0 Å². The Morgan fingerprint density at radius 1 is 1.41 bits per heavy atom. The third kappa shape index (κ3) is 3.66. The Bertz CT molecular complexity index is 420. The van der Waals surface area contributed by atoms with E-state index in [0.29, 0.717) is 0 Å². The van der Waals surface area contributed by atoms with Gasteiger partial charge in [-0.15, -0.1) is 0 Å². The van der Waals surface area contributed by atoms with Gasteiger partial charge in [0.05, 0.1) is 0 Å². The quantitative estimate of drug-likeness (QED) is 0.859. The molecule has 17 heavy (non-hydrogen) atoms. The van der Waals surface area contributed by atoms with Crippen LogP contribution in [-0.4, -0.2) is 31.6 Å². The highest BCUT2D eigenvalue weighted by Crippen LogP contribution is 2.14. The number of rotatable bonds is 4. The third-order valence-corrected chi connectivity index (χ3v) is 3.62. The van der Waals surface area contributed by atoms with Crippen molar-refractivity contribution >= 4 is 15.9 Å². The van der Waals surface area contributed by atoms with Crippen molar-refractivity contribution in [3.8, 4) is 0 Å². The summed E-state index contributed by atoms with van der Waals surface area (Å²) in [5.74, 6) is 0. The van der Waals surface area contributed by atoms with Crippen LogP contribution < -0.4 is 5.32 Å². The zero-order valence-electron chi connectivity index (χ0n) is 10.5. The average Bonchev–Trinajstić information content (AvgIpc) is 2.13. The Kier molecular flexibility index (Phi) is 4.37. The topological polar surface area (TPSA) is 15.3 Å². The maximum atomic E-state index is 3.51. The number of hydrogen-bond donors (Lipinski definition) is 1. The number of likely N-dealkylation sites (N-methyl/N-ethyl adjacent to an activating group) is 1.